The Morgan fingerprint density at radius 2 is 2.25 bits per heavy atom. The van der Waals surface area contributed by atoms with Gasteiger partial charge >= 0.3 is 5.97 Å². The number of aromatic nitrogens is 1. The second-order valence-electron chi connectivity index (χ2n) is 5.44. The van der Waals surface area contributed by atoms with Gasteiger partial charge in [-0.1, -0.05) is 25.8 Å². The standard InChI is InChI=1S/C15H20N2O3/c1-11-6-5-8-15(10-11,14(19)20-2)17-13(18)12-7-3-4-9-16-12/h3-4,7,9,11H,5-6,8,10H2,1-2H3,(H,17,18)/t11-,15-/m1/s1. The molecule has 1 amide bonds. The van der Waals surface area contributed by atoms with Gasteiger partial charge in [0.2, 0.25) is 0 Å². The molecule has 1 aliphatic rings. The highest BCUT2D eigenvalue weighted by atomic mass is 16.5. The van der Waals surface area contributed by atoms with Gasteiger partial charge in [-0.25, -0.2) is 4.79 Å². The molecule has 0 aliphatic heterocycles. The lowest BCUT2D eigenvalue weighted by atomic mass is 9.76. The van der Waals surface area contributed by atoms with Crippen molar-refractivity contribution in [3.05, 3.63) is 30.1 Å². The number of hydrogen-bond acceptors (Lipinski definition) is 4. The number of carbonyl (C=O) groups excluding carboxylic acids is 2. The molecule has 5 nitrogen and oxygen atoms in total. The van der Waals surface area contributed by atoms with E-state index in [1.165, 1.54) is 7.11 Å². The number of amides is 1. The number of carbonyl (C=O) groups is 2. The van der Waals surface area contributed by atoms with Crippen LogP contribution >= 0.6 is 0 Å². The number of nitrogens with zero attached hydrogens (tertiary/aromatic N) is 1. The van der Waals surface area contributed by atoms with Gasteiger partial charge in [-0.15, -0.1) is 0 Å². The lowest BCUT2D eigenvalue weighted by Crippen LogP contribution is -2.57. The van der Waals surface area contributed by atoms with Gasteiger partial charge in [0, 0.05) is 6.20 Å². The molecule has 2 atom stereocenters. The zero-order valence-electron chi connectivity index (χ0n) is 11.9. The van der Waals surface area contributed by atoms with Crippen LogP contribution in [0.5, 0.6) is 0 Å². The third-order valence-electron chi connectivity index (χ3n) is 3.82. The molecule has 0 aromatic carbocycles. The van der Waals surface area contributed by atoms with Crippen LogP contribution in [-0.2, 0) is 9.53 Å². The quantitative estimate of drug-likeness (QED) is 0.857. The molecule has 0 saturated heterocycles. The first-order valence-corrected chi connectivity index (χ1v) is 6.89. The molecule has 0 bridgehead atoms. The fraction of sp³-hybridized carbons (Fsp3) is 0.533. The van der Waals surface area contributed by atoms with Crippen molar-refractivity contribution >= 4 is 11.9 Å². The SMILES string of the molecule is COC(=O)[C@@]1(NC(=O)c2ccccn2)CCC[C@@H](C)C1. The number of hydrogen-bond donors (Lipinski definition) is 1. The molecule has 20 heavy (non-hydrogen) atoms. The van der Waals surface area contributed by atoms with Crippen LogP contribution in [0.4, 0.5) is 0 Å². The van der Waals surface area contributed by atoms with Crippen molar-refractivity contribution in [3.63, 3.8) is 0 Å². The largest absolute Gasteiger partial charge is 0.467 e. The molecule has 2 rings (SSSR count). The Balaban J connectivity index is 2.20. The molecule has 1 N–H and O–H groups in total. The van der Waals surface area contributed by atoms with Crippen LogP contribution in [0, 0.1) is 5.92 Å². The smallest absolute Gasteiger partial charge is 0.331 e. The van der Waals surface area contributed by atoms with E-state index in [2.05, 4.69) is 17.2 Å². The number of esters is 1. The summed E-state index contributed by atoms with van der Waals surface area (Å²) < 4.78 is 4.90. The predicted octanol–water partition coefficient (Wildman–Crippen LogP) is 1.93. The van der Waals surface area contributed by atoms with Gasteiger partial charge < -0.3 is 10.1 Å². The zero-order chi connectivity index (χ0) is 14.6. The van der Waals surface area contributed by atoms with Crippen LogP contribution in [-0.4, -0.2) is 29.5 Å². The van der Waals surface area contributed by atoms with Gasteiger partial charge in [-0.05, 0) is 30.9 Å². The Hall–Kier alpha value is -1.91. The summed E-state index contributed by atoms with van der Waals surface area (Å²) in [5.74, 6) is -0.315. The first-order valence-electron chi connectivity index (χ1n) is 6.89. The van der Waals surface area contributed by atoms with E-state index in [4.69, 9.17) is 4.74 Å². The molecule has 108 valence electrons. The number of nitrogens with one attached hydrogen (secondary N) is 1. The van der Waals surface area contributed by atoms with Crippen molar-refractivity contribution in [2.75, 3.05) is 7.11 Å². The first kappa shape index (κ1) is 14.5. The lowest BCUT2D eigenvalue weighted by molar-refractivity contribution is -0.150. The second-order valence-corrected chi connectivity index (χ2v) is 5.44. The van der Waals surface area contributed by atoms with Crippen molar-refractivity contribution < 1.29 is 14.3 Å². The van der Waals surface area contributed by atoms with Gasteiger partial charge in [-0.3, -0.25) is 9.78 Å². The van der Waals surface area contributed by atoms with E-state index in [1.54, 1.807) is 24.4 Å². The van der Waals surface area contributed by atoms with E-state index in [9.17, 15) is 9.59 Å². The Kier molecular flexibility index (Phi) is 4.37. The third kappa shape index (κ3) is 2.98. The van der Waals surface area contributed by atoms with Crippen LogP contribution < -0.4 is 5.32 Å². The Morgan fingerprint density at radius 3 is 2.85 bits per heavy atom. The van der Waals surface area contributed by atoms with Crippen molar-refractivity contribution in [2.24, 2.45) is 5.92 Å². The van der Waals surface area contributed by atoms with Gasteiger partial charge in [0.05, 0.1) is 7.11 Å². The number of rotatable bonds is 3. The lowest BCUT2D eigenvalue weighted by Gasteiger charge is -2.37. The molecule has 1 heterocycles. The summed E-state index contributed by atoms with van der Waals surface area (Å²) >= 11 is 0. The average Bonchev–Trinajstić information content (AvgIpc) is 2.47. The van der Waals surface area contributed by atoms with Crippen LogP contribution in [0.2, 0.25) is 0 Å². The minimum absolute atomic E-state index is 0.314. The molecule has 1 aliphatic carbocycles. The Labute approximate surface area is 118 Å². The molecule has 0 spiro atoms. The van der Waals surface area contributed by atoms with E-state index in [0.717, 1.165) is 12.8 Å². The van der Waals surface area contributed by atoms with E-state index in [0.29, 0.717) is 24.5 Å². The summed E-state index contributed by atoms with van der Waals surface area (Å²) in [5.41, 5.74) is -0.602. The molecule has 5 heteroatoms. The van der Waals surface area contributed by atoms with Gasteiger partial charge in [0.1, 0.15) is 11.2 Å². The summed E-state index contributed by atoms with van der Waals surface area (Å²) in [7, 11) is 1.36. The first-order chi connectivity index (χ1) is 9.57. The molecule has 1 fully saturated rings. The maximum Gasteiger partial charge on any atom is 0.331 e. The van der Waals surface area contributed by atoms with E-state index in [1.807, 2.05) is 0 Å². The van der Waals surface area contributed by atoms with Crippen molar-refractivity contribution in [1.29, 1.82) is 0 Å². The molecule has 1 aromatic heterocycles. The highest BCUT2D eigenvalue weighted by Crippen LogP contribution is 2.33. The monoisotopic (exact) mass is 276 g/mol. The second kappa shape index (κ2) is 6.03. The fourth-order valence-corrected chi connectivity index (χ4v) is 2.88. The van der Waals surface area contributed by atoms with Gasteiger partial charge in [-0.2, -0.15) is 0 Å². The average molecular weight is 276 g/mol. The van der Waals surface area contributed by atoms with Crippen molar-refractivity contribution in [3.8, 4) is 0 Å². The van der Waals surface area contributed by atoms with Crippen molar-refractivity contribution in [1.82, 2.24) is 10.3 Å². The maximum absolute atomic E-state index is 12.3. The maximum atomic E-state index is 12.3. The van der Waals surface area contributed by atoms with E-state index < -0.39 is 5.54 Å². The minimum Gasteiger partial charge on any atom is -0.467 e. The predicted molar refractivity (Wildman–Crippen MR) is 74.1 cm³/mol. The van der Waals surface area contributed by atoms with E-state index >= 15 is 0 Å². The summed E-state index contributed by atoms with van der Waals surface area (Å²) in [5, 5.41) is 2.85. The summed E-state index contributed by atoms with van der Waals surface area (Å²) in [6.07, 6.45) is 4.75. The van der Waals surface area contributed by atoms with Gasteiger partial charge in [0.25, 0.3) is 5.91 Å². The van der Waals surface area contributed by atoms with E-state index in [-0.39, 0.29) is 11.9 Å². The fourth-order valence-electron chi connectivity index (χ4n) is 2.88. The molecule has 1 saturated carbocycles. The van der Waals surface area contributed by atoms with Crippen LogP contribution in [0.25, 0.3) is 0 Å². The topological polar surface area (TPSA) is 68.3 Å². The normalized spacial score (nSPS) is 25.8. The minimum atomic E-state index is -0.916. The molecule has 0 unspecified atom stereocenters. The van der Waals surface area contributed by atoms with Crippen LogP contribution in [0.15, 0.2) is 24.4 Å². The summed E-state index contributed by atoms with van der Waals surface area (Å²) in [6.45, 7) is 2.09. The molecule has 0 radical (unpaired) electrons. The number of ether oxygens (including phenoxy) is 1. The Bertz CT molecular complexity index is 489. The molecular formula is C15H20N2O3. The molecular weight excluding hydrogens is 256 g/mol. The highest BCUT2D eigenvalue weighted by Gasteiger charge is 2.44. The number of methoxy groups -OCH3 is 1. The third-order valence-corrected chi connectivity index (χ3v) is 3.82. The van der Waals surface area contributed by atoms with Crippen LogP contribution in [0.3, 0.4) is 0 Å². The highest BCUT2D eigenvalue weighted by molar-refractivity contribution is 5.96. The summed E-state index contributed by atoms with van der Waals surface area (Å²) in [6, 6.07) is 5.12. The zero-order valence-corrected chi connectivity index (χ0v) is 11.9. The number of pyridine rings is 1. The summed E-state index contributed by atoms with van der Waals surface area (Å²) in [4.78, 5) is 28.4. The van der Waals surface area contributed by atoms with Gasteiger partial charge in [0.15, 0.2) is 0 Å². The Morgan fingerprint density at radius 1 is 1.45 bits per heavy atom. The van der Waals surface area contributed by atoms with Crippen molar-refractivity contribution in [2.45, 2.75) is 38.1 Å². The molecule has 1 aromatic rings. The van der Waals surface area contributed by atoms with Crippen LogP contribution in [0.1, 0.15) is 43.1 Å².